The van der Waals surface area contributed by atoms with Crippen LogP contribution in [0.25, 0.3) is 0 Å². The summed E-state index contributed by atoms with van der Waals surface area (Å²) in [5.74, 6) is -8.05. The number of fused-ring (bicyclic) bond motifs is 5. The Labute approximate surface area is 277 Å². The molecular formula is C35H29NO13. The first kappa shape index (κ1) is 33.2. The molecule has 0 radical (unpaired) electrons. The predicted molar refractivity (Wildman–Crippen MR) is 165 cm³/mol. The van der Waals surface area contributed by atoms with Gasteiger partial charge in [0.2, 0.25) is 17.3 Å². The number of aliphatic hydroxyl groups excluding tert-OH is 1. The fourth-order valence-corrected chi connectivity index (χ4v) is 6.90. The number of nitrogens with two attached hydrogens (primary N) is 1. The van der Waals surface area contributed by atoms with Crippen molar-refractivity contribution < 1.29 is 63.0 Å². The minimum atomic E-state index is -3.22. The zero-order valence-corrected chi connectivity index (χ0v) is 26.3. The second kappa shape index (κ2) is 11.8. The van der Waals surface area contributed by atoms with Crippen LogP contribution in [0, 0.1) is 6.92 Å². The monoisotopic (exact) mass is 671 g/mol. The number of methoxy groups -OCH3 is 2. The van der Waals surface area contributed by atoms with Crippen LogP contribution in [0.15, 0.2) is 54.2 Å². The van der Waals surface area contributed by atoms with Crippen molar-refractivity contribution in [2.45, 2.75) is 37.3 Å². The molecule has 3 atom stereocenters. The predicted octanol–water partition coefficient (Wildman–Crippen LogP) is 1.40. The van der Waals surface area contributed by atoms with Crippen LogP contribution in [0.1, 0.15) is 74.0 Å². The maximum Gasteiger partial charge on any atom is 0.344 e. The van der Waals surface area contributed by atoms with E-state index in [1.165, 1.54) is 13.0 Å². The molecule has 0 aromatic heterocycles. The molecule has 6 rings (SSSR count). The van der Waals surface area contributed by atoms with Gasteiger partial charge in [0.05, 0.1) is 30.0 Å². The van der Waals surface area contributed by atoms with Crippen molar-refractivity contribution in [1.82, 2.24) is 0 Å². The highest BCUT2D eigenvalue weighted by molar-refractivity contribution is 6.30. The number of phenolic OH excluding ortho intramolecular Hbond substituents is 1. The Bertz CT molecular complexity index is 2050. The first-order valence-electron chi connectivity index (χ1n) is 14.8. The molecule has 3 aromatic carbocycles. The van der Waals surface area contributed by atoms with Gasteiger partial charge in [0.25, 0.3) is 0 Å². The van der Waals surface area contributed by atoms with Gasteiger partial charge < -0.3 is 40.0 Å². The van der Waals surface area contributed by atoms with Gasteiger partial charge in [-0.05, 0) is 29.7 Å². The minimum Gasteiger partial charge on any atom is -0.506 e. The number of aliphatic hydroxyl groups is 2. The number of carbonyl (C=O) groups is 6. The summed E-state index contributed by atoms with van der Waals surface area (Å²) in [5.41, 5.74) is -3.49. The topological polar surface area (TPSA) is 226 Å². The number of benzene rings is 3. The number of phenols is 1. The molecule has 3 aliphatic rings. The van der Waals surface area contributed by atoms with Crippen molar-refractivity contribution in [2.24, 2.45) is 5.73 Å². The number of carbonyl (C=O) groups excluding carboxylic acids is 6. The summed E-state index contributed by atoms with van der Waals surface area (Å²) in [7, 11) is 1.99. The van der Waals surface area contributed by atoms with Gasteiger partial charge in [-0.2, -0.15) is 0 Å². The molecule has 5 N–H and O–H groups in total. The molecule has 3 aromatic rings. The summed E-state index contributed by atoms with van der Waals surface area (Å²) in [5, 5.41) is 35.5. The highest BCUT2D eigenvalue weighted by Gasteiger charge is 2.72. The van der Waals surface area contributed by atoms with Gasteiger partial charge in [-0.15, -0.1) is 0 Å². The summed E-state index contributed by atoms with van der Waals surface area (Å²) < 4.78 is 21.6. The largest absolute Gasteiger partial charge is 0.506 e. The molecule has 3 aliphatic carbocycles. The van der Waals surface area contributed by atoms with Gasteiger partial charge >= 0.3 is 11.9 Å². The van der Waals surface area contributed by atoms with E-state index in [4.69, 9.17) is 24.7 Å². The zero-order chi connectivity index (χ0) is 35.6. The minimum absolute atomic E-state index is 0.0331. The van der Waals surface area contributed by atoms with E-state index in [2.05, 4.69) is 0 Å². The highest BCUT2D eigenvalue weighted by Crippen LogP contribution is 2.57. The number of aromatic hydroxyl groups is 1. The molecule has 14 nitrogen and oxygen atoms in total. The second-order valence-electron chi connectivity index (χ2n) is 11.7. The fourth-order valence-electron chi connectivity index (χ4n) is 6.90. The molecule has 0 unspecified atom stereocenters. The summed E-state index contributed by atoms with van der Waals surface area (Å²) in [6.45, 7) is 0.510. The van der Waals surface area contributed by atoms with Crippen molar-refractivity contribution in [1.29, 1.82) is 0 Å². The van der Waals surface area contributed by atoms with Gasteiger partial charge in [0.15, 0.2) is 23.6 Å². The fraction of sp³-hybridized carbons (Fsp3) is 0.257. The number of esters is 2. The summed E-state index contributed by atoms with van der Waals surface area (Å²) >= 11 is 0. The third-order valence-corrected chi connectivity index (χ3v) is 9.11. The van der Waals surface area contributed by atoms with Crippen molar-refractivity contribution >= 4 is 35.1 Å². The maximum absolute atomic E-state index is 14.7. The van der Waals surface area contributed by atoms with Crippen molar-refractivity contribution in [3.05, 3.63) is 104 Å². The van der Waals surface area contributed by atoms with Gasteiger partial charge in [0, 0.05) is 36.3 Å². The van der Waals surface area contributed by atoms with Gasteiger partial charge in [0.1, 0.15) is 23.7 Å². The van der Waals surface area contributed by atoms with Crippen LogP contribution in [0.4, 0.5) is 0 Å². The van der Waals surface area contributed by atoms with Crippen molar-refractivity contribution in [3.63, 3.8) is 0 Å². The number of ketones is 4. The number of ether oxygens (including phenoxy) is 4. The number of aryl methyl sites for hydroxylation is 1. The maximum atomic E-state index is 14.7. The van der Waals surface area contributed by atoms with E-state index >= 15 is 0 Å². The van der Waals surface area contributed by atoms with E-state index < -0.39 is 110 Å². The average Bonchev–Trinajstić information content (AvgIpc) is 3.07. The number of hydrogen-bond donors (Lipinski definition) is 4. The molecule has 0 amide bonds. The standard InChI is InChI=1S/C35H29NO13/c1-15-9-17-10-22(38)35(47-3)32(43)26-19(11-18-25(29(26)41)21(37)12-20(36)28(18)40)31(42)34(35,45)27(17)30(24(15)33(44)46-2)49-14-23(39)48-13-16-7-5-4-6-8-16/h4-9,11-12,22,38,41,45H,10,13-14,36H2,1-3H3/t22-,34+,35-/m1/s1. The van der Waals surface area contributed by atoms with E-state index in [0.717, 1.165) is 26.4 Å². The molecule has 0 saturated carbocycles. The molecule has 0 saturated heterocycles. The van der Waals surface area contributed by atoms with E-state index in [-0.39, 0.29) is 23.3 Å². The van der Waals surface area contributed by atoms with E-state index in [9.17, 15) is 44.1 Å². The first-order chi connectivity index (χ1) is 23.2. The Balaban J connectivity index is 1.57. The smallest absolute Gasteiger partial charge is 0.344 e. The lowest BCUT2D eigenvalue weighted by molar-refractivity contribution is -0.181. The van der Waals surface area contributed by atoms with Crippen LogP contribution in [-0.2, 0) is 37.6 Å². The van der Waals surface area contributed by atoms with Crippen LogP contribution < -0.4 is 10.5 Å². The molecule has 252 valence electrons. The molecular weight excluding hydrogens is 642 g/mol. The van der Waals surface area contributed by atoms with Gasteiger partial charge in [-0.3, -0.25) is 19.2 Å². The number of hydrogen-bond acceptors (Lipinski definition) is 14. The quantitative estimate of drug-likeness (QED) is 0.261. The third kappa shape index (κ3) is 4.59. The van der Waals surface area contributed by atoms with E-state index in [0.29, 0.717) is 5.56 Å². The molecule has 0 spiro atoms. The summed E-state index contributed by atoms with van der Waals surface area (Å²) in [6.07, 6.45) is -1.67. The first-order valence-corrected chi connectivity index (χ1v) is 14.8. The van der Waals surface area contributed by atoms with Gasteiger partial charge in [-0.1, -0.05) is 36.4 Å². The average molecular weight is 672 g/mol. The van der Waals surface area contributed by atoms with Gasteiger partial charge in [-0.25, -0.2) is 9.59 Å². The number of allylic oxidation sites excluding steroid dienone is 2. The summed E-state index contributed by atoms with van der Waals surface area (Å²) in [6, 6.07) is 10.9. The summed E-state index contributed by atoms with van der Waals surface area (Å²) in [4.78, 5) is 81.0. The van der Waals surface area contributed by atoms with E-state index in [1.807, 2.05) is 0 Å². The molecule has 14 heteroatoms. The lowest BCUT2D eigenvalue weighted by atomic mass is 9.56. The highest BCUT2D eigenvalue weighted by atomic mass is 16.6. The van der Waals surface area contributed by atoms with Crippen LogP contribution >= 0.6 is 0 Å². The molecule has 0 aliphatic heterocycles. The van der Waals surface area contributed by atoms with Crippen LogP contribution in [-0.4, -0.2) is 82.9 Å². The Morgan fingerprint density at radius 1 is 1.00 bits per heavy atom. The number of Topliss-reactive ketones (excluding diaryl/α,β-unsaturated/α-hetero) is 3. The Morgan fingerprint density at radius 3 is 2.35 bits per heavy atom. The Kier molecular flexibility index (Phi) is 7.98. The van der Waals surface area contributed by atoms with Crippen molar-refractivity contribution in [3.8, 4) is 11.5 Å². The number of rotatable bonds is 7. The third-order valence-electron chi connectivity index (χ3n) is 9.11. The Morgan fingerprint density at radius 2 is 1.69 bits per heavy atom. The van der Waals surface area contributed by atoms with Crippen LogP contribution in [0.3, 0.4) is 0 Å². The van der Waals surface area contributed by atoms with Crippen LogP contribution in [0.2, 0.25) is 0 Å². The van der Waals surface area contributed by atoms with E-state index in [1.54, 1.807) is 30.3 Å². The molecule has 0 heterocycles. The lowest BCUT2D eigenvalue weighted by Gasteiger charge is -2.53. The molecule has 0 fully saturated rings. The molecule has 0 bridgehead atoms. The van der Waals surface area contributed by atoms with Crippen molar-refractivity contribution in [2.75, 3.05) is 20.8 Å². The normalized spacial score (nSPS) is 22.3. The van der Waals surface area contributed by atoms with Crippen LogP contribution in [0.5, 0.6) is 11.5 Å². The SMILES string of the molecule is COC(=O)c1c(C)cc2c(c1OCC(=O)OCc1ccccc1)[C@]1(O)C(=O)c3cc4c(c(O)c3C(=O)[C@]1(OC)[C@H](O)C2)C(=O)C=C(N)C4=O. The molecule has 49 heavy (non-hydrogen) atoms. The lowest BCUT2D eigenvalue weighted by Crippen LogP contribution is -2.73. The zero-order valence-electron chi connectivity index (χ0n) is 26.3. The second-order valence-corrected chi connectivity index (χ2v) is 11.7. The Hall–Kier alpha value is -5.70.